The summed E-state index contributed by atoms with van der Waals surface area (Å²) in [5.74, 6) is 2.73. The Labute approximate surface area is 246 Å². The Balaban J connectivity index is 1.25. The summed E-state index contributed by atoms with van der Waals surface area (Å²) in [6.07, 6.45) is 5.13. The van der Waals surface area contributed by atoms with Gasteiger partial charge in [-0.2, -0.15) is 5.10 Å². The smallest absolute Gasteiger partial charge is 0.141 e. The van der Waals surface area contributed by atoms with E-state index in [0.29, 0.717) is 33.8 Å². The van der Waals surface area contributed by atoms with E-state index in [4.69, 9.17) is 9.47 Å². The van der Waals surface area contributed by atoms with Crippen molar-refractivity contribution in [2.24, 2.45) is 0 Å². The van der Waals surface area contributed by atoms with Crippen molar-refractivity contribution >= 4 is 21.8 Å². The van der Waals surface area contributed by atoms with Gasteiger partial charge in [0, 0.05) is 46.9 Å². The second-order valence-corrected chi connectivity index (χ2v) is 10.1. The van der Waals surface area contributed by atoms with E-state index < -0.39 is 13.3 Å². The lowest BCUT2D eigenvalue weighted by Crippen LogP contribution is -1.98. The minimum Gasteiger partial charge on any atom is -0.497 e. The van der Waals surface area contributed by atoms with Crippen molar-refractivity contribution in [1.29, 1.82) is 0 Å². The van der Waals surface area contributed by atoms with E-state index in [1.165, 1.54) is 0 Å². The highest BCUT2D eigenvalue weighted by Gasteiger charge is 2.16. The molecule has 0 N–H and O–H groups in total. The molecule has 8 heteroatoms. The highest BCUT2D eigenvalue weighted by atomic mass is 19.1. The zero-order chi connectivity index (χ0) is 29.3. The average molecular weight is 573 g/mol. The fraction of sp³-hybridized carbons (Fsp3) is 0.0857. The van der Waals surface area contributed by atoms with Gasteiger partial charge >= 0.3 is 0 Å². The molecule has 43 heavy (non-hydrogen) atoms. The van der Waals surface area contributed by atoms with Crippen LogP contribution in [0.3, 0.4) is 0 Å². The first-order chi connectivity index (χ1) is 21.2. The van der Waals surface area contributed by atoms with E-state index in [-0.39, 0.29) is 0 Å². The van der Waals surface area contributed by atoms with Gasteiger partial charge in [-0.15, -0.1) is 0 Å². The summed E-state index contributed by atoms with van der Waals surface area (Å²) in [7, 11) is 1.64. The zero-order valence-electron chi connectivity index (χ0n) is 23.2. The van der Waals surface area contributed by atoms with Gasteiger partial charge in [-0.05, 0) is 53.1 Å². The molecule has 4 aromatic carbocycles. The number of rotatable bonds is 8. The number of para-hydroxylation sites is 1. The summed E-state index contributed by atoms with van der Waals surface area (Å²) in [5, 5.41) is 6.66. The maximum atomic E-state index is 13.7. The molecule has 0 radical (unpaired) electrons. The highest BCUT2D eigenvalue weighted by molar-refractivity contribution is 6.09. The molecule has 7 aromatic rings. The van der Waals surface area contributed by atoms with Crippen LogP contribution in [0, 0.1) is 0 Å². The molecule has 0 saturated heterocycles. The number of benzene rings is 4. The van der Waals surface area contributed by atoms with Gasteiger partial charge in [-0.25, -0.2) is 18.4 Å². The number of aromatic nitrogens is 4. The van der Waals surface area contributed by atoms with Crippen LogP contribution in [0.25, 0.3) is 44.4 Å². The van der Waals surface area contributed by atoms with Crippen molar-refractivity contribution in [3.8, 4) is 39.9 Å². The molecule has 3 aromatic heterocycles. The van der Waals surface area contributed by atoms with Gasteiger partial charge in [0.25, 0.3) is 0 Å². The monoisotopic (exact) mass is 572 g/mol. The highest BCUT2D eigenvalue weighted by Crippen LogP contribution is 2.36. The molecule has 0 bridgehead atoms. The molecule has 0 aliphatic carbocycles. The molecule has 7 rings (SSSR count). The van der Waals surface area contributed by atoms with E-state index in [2.05, 4.69) is 32.8 Å². The Morgan fingerprint density at radius 1 is 0.721 bits per heavy atom. The third-order valence-corrected chi connectivity index (χ3v) is 7.54. The maximum absolute atomic E-state index is 13.7. The molecule has 6 nitrogen and oxygen atoms in total. The van der Waals surface area contributed by atoms with Gasteiger partial charge in [-0.3, -0.25) is 4.57 Å². The van der Waals surface area contributed by atoms with Crippen LogP contribution in [0.4, 0.5) is 8.78 Å². The summed E-state index contributed by atoms with van der Waals surface area (Å²) in [6, 6.07) is 30.5. The van der Waals surface area contributed by atoms with Gasteiger partial charge in [0.05, 0.1) is 30.0 Å². The topological polar surface area (TPSA) is 54.1 Å². The molecule has 0 aliphatic heterocycles. The summed E-state index contributed by atoms with van der Waals surface area (Å²) in [6.45, 7) is -1.37. The average Bonchev–Trinajstić information content (AvgIpc) is 3.67. The number of pyridine rings is 1. The predicted octanol–water partition coefficient (Wildman–Crippen LogP) is 8.77. The molecule has 0 aliphatic rings. The normalized spacial score (nSPS) is 11.3. The van der Waals surface area contributed by atoms with Crippen LogP contribution < -0.4 is 9.47 Å². The van der Waals surface area contributed by atoms with Gasteiger partial charge < -0.3 is 9.47 Å². The molecule has 0 fully saturated rings. The van der Waals surface area contributed by atoms with Crippen molar-refractivity contribution in [2.45, 2.75) is 13.3 Å². The molecular formula is C35H26F2N4O2. The van der Waals surface area contributed by atoms with Crippen LogP contribution in [0.15, 0.2) is 116 Å². The van der Waals surface area contributed by atoms with Crippen molar-refractivity contribution < 1.29 is 18.3 Å². The number of hydrogen-bond acceptors (Lipinski definition) is 4. The number of alkyl halides is 2. The predicted molar refractivity (Wildman–Crippen MR) is 164 cm³/mol. The lowest BCUT2D eigenvalue weighted by Gasteiger charge is -2.11. The second-order valence-electron chi connectivity index (χ2n) is 10.1. The Bertz CT molecular complexity index is 2080. The van der Waals surface area contributed by atoms with E-state index in [0.717, 1.165) is 39.1 Å². The summed E-state index contributed by atoms with van der Waals surface area (Å²) < 4.78 is 43.0. The number of methoxy groups -OCH3 is 1. The van der Waals surface area contributed by atoms with Crippen LogP contribution in [0.5, 0.6) is 17.2 Å². The first-order valence-corrected chi connectivity index (χ1v) is 13.8. The third-order valence-electron chi connectivity index (χ3n) is 7.54. The molecule has 0 atom stereocenters. The van der Waals surface area contributed by atoms with Crippen molar-refractivity contribution in [2.75, 3.05) is 7.11 Å². The van der Waals surface area contributed by atoms with E-state index in [1.807, 2.05) is 60.7 Å². The Hall–Kier alpha value is -5.50. The fourth-order valence-corrected chi connectivity index (χ4v) is 5.58. The van der Waals surface area contributed by atoms with Gasteiger partial charge in [0.15, 0.2) is 0 Å². The van der Waals surface area contributed by atoms with E-state index in [9.17, 15) is 8.78 Å². The number of ether oxygens (including phenoxy) is 2. The standard InChI is InChI=1S/C35H26F2N4O2/c1-42-27-14-15-38-34(18-27)41-32-11-3-2-10-30(32)31-13-12-29(17-33(31)41)43-28-9-5-8-26(16-28)40-22-25(21-39-40)35-23(19-36)6-4-7-24(35)20-37/h2-18,21-22H,19-20H2,1H3. The minimum absolute atomic E-state index is 0.434. The van der Waals surface area contributed by atoms with E-state index in [1.54, 1.807) is 48.6 Å². The first-order valence-electron chi connectivity index (χ1n) is 13.8. The van der Waals surface area contributed by atoms with Crippen molar-refractivity contribution in [3.05, 3.63) is 127 Å². The van der Waals surface area contributed by atoms with Gasteiger partial charge in [-0.1, -0.05) is 42.5 Å². The summed E-state index contributed by atoms with van der Waals surface area (Å²) in [4.78, 5) is 4.63. The van der Waals surface area contributed by atoms with Gasteiger partial charge in [0.2, 0.25) is 0 Å². The minimum atomic E-state index is -0.686. The van der Waals surface area contributed by atoms with Crippen LogP contribution in [0.2, 0.25) is 0 Å². The Morgan fingerprint density at radius 2 is 1.49 bits per heavy atom. The fourth-order valence-electron chi connectivity index (χ4n) is 5.58. The number of halogens is 2. The molecular weight excluding hydrogens is 546 g/mol. The van der Waals surface area contributed by atoms with Crippen molar-refractivity contribution in [1.82, 2.24) is 19.3 Å². The maximum Gasteiger partial charge on any atom is 0.141 e. The summed E-state index contributed by atoms with van der Waals surface area (Å²) >= 11 is 0. The van der Waals surface area contributed by atoms with Crippen LogP contribution >= 0.6 is 0 Å². The molecule has 0 amide bonds. The zero-order valence-corrected chi connectivity index (χ0v) is 23.2. The Kier molecular flexibility index (Phi) is 6.79. The third kappa shape index (κ3) is 4.76. The first kappa shape index (κ1) is 26.4. The number of fused-ring (bicyclic) bond motifs is 3. The SMILES string of the molecule is COc1ccnc(-n2c3ccccc3c3ccc(Oc4cccc(-n5cc(-c6c(CF)cccc6CF)cn5)c4)cc32)c1. The second kappa shape index (κ2) is 11.1. The largest absolute Gasteiger partial charge is 0.497 e. The molecule has 0 unspecified atom stereocenters. The van der Waals surface area contributed by atoms with Crippen LogP contribution in [0.1, 0.15) is 11.1 Å². The molecule has 212 valence electrons. The van der Waals surface area contributed by atoms with E-state index >= 15 is 0 Å². The van der Waals surface area contributed by atoms with Gasteiger partial charge in [0.1, 0.15) is 36.4 Å². The number of hydrogen-bond donors (Lipinski definition) is 0. The number of nitrogens with zero attached hydrogens (tertiary/aromatic N) is 4. The molecule has 0 spiro atoms. The van der Waals surface area contributed by atoms with Crippen molar-refractivity contribution in [3.63, 3.8) is 0 Å². The lowest BCUT2D eigenvalue weighted by atomic mass is 9.97. The van der Waals surface area contributed by atoms with Crippen LogP contribution in [-0.4, -0.2) is 26.4 Å². The molecule has 0 saturated carbocycles. The quantitative estimate of drug-likeness (QED) is 0.183. The molecule has 3 heterocycles. The summed E-state index contributed by atoms with van der Waals surface area (Å²) in [5.41, 5.74) is 4.78. The Morgan fingerprint density at radius 3 is 2.30 bits per heavy atom. The van der Waals surface area contributed by atoms with Crippen LogP contribution in [-0.2, 0) is 13.3 Å². The lowest BCUT2D eigenvalue weighted by molar-refractivity contribution is 0.414.